The van der Waals surface area contributed by atoms with Crippen LogP contribution >= 0.6 is 0 Å². The molecule has 146 valence electrons. The van der Waals surface area contributed by atoms with Gasteiger partial charge in [0.2, 0.25) is 5.91 Å². The van der Waals surface area contributed by atoms with E-state index in [2.05, 4.69) is 10.6 Å². The third-order valence-electron chi connectivity index (χ3n) is 4.12. The number of nitrogens with one attached hydrogen (secondary N) is 2. The summed E-state index contributed by atoms with van der Waals surface area (Å²) in [6, 6.07) is 10.1. The van der Waals surface area contributed by atoms with Crippen LogP contribution in [0.2, 0.25) is 0 Å². The summed E-state index contributed by atoms with van der Waals surface area (Å²) in [5, 5.41) is 5.38. The van der Waals surface area contributed by atoms with E-state index in [-0.39, 0.29) is 30.5 Å². The number of nitrogens with zero attached hydrogens (tertiary/aromatic N) is 1. The van der Waals surface area contributed by atoms with E-state index < -0.39 is 11.7 Å². The number of amides is 3. The van der Waals surface area contributed by atoms with Gasteiger partial charge in [-0.2, -0.15) is 0 Å². The van der Waals surface area contributed by atoms with E-state index >= 15 is 0 Å². The van der Waals surface area contributed by atoms with E-state index in [0.717, 1.165) is 12.5 Å². The number of halogens is 1. The van der Waals surface area contributed by atoms with Crippen LogP contribution in [0.25, 0.3) is 0 Å². The Morgan fingerprint density at radius 1 is 1.21 bits per heavy atom. The number of carbonyl (C=O) groups is 3. The molecule has 3 rings (SSSR count). The summed E-state index contributed by atoms with van der Waals surface area (Å²) in [6.45, 7) is 2.15. The van der Waals surface area contributed by atoms with Gasteiger partial charge in [0.15, 0.2) is 6.61 Å². The standard InChI is InChI=1S/C20H20FN3O4/c1-2-8-22-18(25)11-24-16-10-15(6-7-17(16)28-12-19(24)26)23-20(27)13-4-3-5-14(21)9-13/h3-7,9-10H,2,8,11-12H2,1H3,(H,22,25)(H,23,27). The van der Waals surface area contributed by atoms with E-state index in [9.17, 15) is 18.8 Å². The van der Waals surface area contributed by atoms with Crippen molar-refractivity contribution in [1.82, 2.24) is 5.32 Å². The molecular weight excluding hydrogens is 365 g/mol. The van der Waals surface area contributed by atoms with E-state index in [1.54, 1.807) is 18.2 Å². The summed E-state index contributed by atoms with van der Waals surface area (Å²) in [7, 11) is 0. The maximum Gasteiger partial charge on any atom is 0.265 e. The molecule has 2 aromatic carbocycles. The molecule has 28 heavy (non-hydrogen) atoms. The molecule has 1 heterocycles. The summed E-state index contributed by atoms with van der Waals surface area (Å²) in [6.07, 6.45) is 0.787. The van der Waals surface area contributed by atoms with Gasteiger partial charge in [-0.1, -0.05) is 13.0 Å². The molecule has 0 atom stereocenters. The zero-order chi connectivity index (χ0) is 20.1. The molecule has 0 unspecified atom stereocenters. The monoisotopic (exact) mass is 385 g/mol. The number of ether oxygens (including phenoxy) is 1. The fourth-order valence-corrected chi connectivity index (χ4v) is 2.75. The highest BCUT2D eigenvalue weighted by Crippen LogP contribution is 2.34. The highest BCUT2D eigenvalue weighted by Gasteiger charge is 2.27. The fraction of sp³-hybridized carbons (Fsp3) is 0.250. The third-order valence-corrected chi connectivity index (χ3v) is 4.12. The number of hydrogen-bond donors (Lipinski definition) is 2. The molecule has 0 saturated heterocycles. The number of carbonyl (C=O) groups excluding carboxylic acids is 3. The lowest BCUT2D eigenvalue weighted by Crippen LogP contribution is -2.45. The number of rotatable bonds is 6. The van der Waals surface area contributed by atoms with Crippen molar-refractivity contribution in [2.75, 3.05) is 29.9 Å². The molecule has 0 aliphatic carbocycles. The SMILES string of the molecule is CCCNC(=O)CN1C(=O)COc2ccc(NC(=O)c3cccc(F)c3)cc21. The predicted molar refractivity (Wildman–Crippen MR) is 102 cm³/mol. The Morgan fingerprint density at radius 3 is 2.79 bits per heavy atom. The van der Waals surface area contributed by atoms with Crippen molar-refractivity contribution in [3.8, 4) is 5.75 Å². The largest absolute Gasteiger partial charge is 0.482 e. The van der Waals surface area contributed by atoms with Crippen LogP contribution in [0.3, 0.4) is 0 Å². The first-order valence-electron chi connectivity index (χ1n) is 8.88. The minimum Gasteiger partial charge on any atom is -0.482 e. The summed E-state index contributed by atoms with van der Waals surface area (Å²) in [5.74, 6) is -1.20. The topological polar surface area (TPSA) is 87.7 Å². The summed E-state index contributed by atoms with van der Waals surface area (Å²) in [5.41, 5.74) is 0.950. The molecule has 1 aliphatic heterocycles. The predicted octanol–water partition coefficient (Wildman–Crippen LogP) is 2.33. The molecule has 0 bridgehead atoms. The lowest BCUT2D eigenvalue weighted by Gasteiger charge is -2.29. The van der Waals surface area contributed by atoms with Gasteiger partial charge < -0.3 is 15.4 Å². The van der Waals surface area contributed by atoms with Crippen LogP contribution in [0.1, 0.15) is 23.7 Å². The molecule has 3 amide bonds. The van der Waals surface area contributed by atoms with Gasteiger partial charge in [0.25, 0.3) is 11.8 Å². The second kappa shape index (κ2) is 8.51. The molecule has 7 nitrogen and oxygen atoms in total. The zero-order valence-electron chi connectivity index (χ0n) is 15.3. The molecule has 0 radical (unpaired) electrons. The molecule has 0 aromatic heterocycles. The minimum absolute atomic E-state index is 0.142. The van der Waals surface area contributed by atoms with Gasteiger partial charge in [-0.05, 0) is 42.8 Å². The first kappa shape index (κ1) is 19.3. The van der Waals surface area contributed by atoms with E-state index in [1.807, 2.05) is 6.92 Å². The summed E-state index contributed by atoms with van der Waals surface area (Å²) >= 11 is 0. The highest BCUT2D eigenvalue weighted by molar-refractivity contribution is 6.06. The Morgan fingerprint density at radius 2 is 2.04 bits per heavy atom. The quantitative estimate of drug-likeness (QED) is 0.799. The van der Waals surface area contributed by atoms with Gasteiger partial charge in [0.05, 0.1) is 5.69 Å². The van der Waals surface area contributed by atoms with Crippen LogP contribution in [0.5, 0.6) is 5.75 Å². The van der Waals surface area contributed by atoms with Crippen LogP contribution in [0.15, 0.2) is 42.5 Å². The number of benzene rings is 2. The van der Waals surface area contributed by atoms with Gasteiger partial charge in [0.1, 0.15) is 18.1 Å². The average molecular weight is 385 g/mol. The van der Waals surface area contributed by atoms with E-state index in [1.165, 1.54) is 23.1 Å². The normalized spacial score (nSPS) is 12.8. The van der Waals surface area contributed by atoms with Crippen LogP contribution < -0.4 is 20.3 Å². The van der Waals surface area contributed by atoms with Crippen molar-refractivity contribution < 1.29 is 23.5 Å². The van der Waals surface area contributed by atoms with Crippen molar-refractivity contribution >= 4 is 29.1 Å². The Bertz CT molecular complexity index is 916. The first-order chi connectivity index (χ1) is 13.5. The van der Waals surface area contributed by atoms with Gasteiger partial charge in [-0.15, -0.1) is 0 Å². The average Bonchev–Trinajstić information content (AvgIpc) is 2.68. The lowest BCUT2D eigenvalue weighted by molar-refractivity contribution is -0.125. The van der Waals surface area contributed by atoms with Crippen molar-refractivity contribution in [2.24, 2.45) is 0 Å². The number of hydrogen-bond acceptors (Lipinski definition) is 4. The second-order valence-electron chi connectivity index (χ2n) is 6.27. The maximum absolute atomic E-state index is 13.3. The summed E-state index contributed by atoms with van der Waals surface area (Å²) < 4.78 is 18.7. The zero-order valence-corrected chi connectivity index (χ0v) is 15.3. The Labute approximate surface area is 161 Å². The number of anilines is 2. The maximum atomic E-state index is 13.3. The highest BCUT2D eigenvalue weighted by atomic mass is 19.1. The van der Waals surface area contributed by atoms with Crippen molar-refractivity contribution in [1.29, 1.82) is 0 Å². The van der Waals surface area contributed by atoms with Crippen LogP contribution in [-0.2, 0) is 9.59 Å². The second-order valence-corrected chi connectivity index (χ2v) is 6.27. The van der Waals surface area contributed by atoms with Crippen LogP contribution in [0, 0.1) is 5.82 Å². The van der Waals surface area contributed by atoms with Gasteiger partial charge in [0, 0.05) is 17.8 Å². The number of fused-ring (bicyclic) bond motifs is 1. The van der Waals surface area contributed by atoms with Crippen LogP contribution in [0.4, 0.5) is 15.8 Å². The van der Waals surface area contributed by atoms with E-state index in [4.69, 9.17) is 4.74 Å². The van der Waals surface area contributed by atoms with Crippen molar-refractivity contribution in [3.05, 3.63) is 53.8 Å². The van der Waals surface area contributed by atoms with Gasteiger partial charge in [-0.25, -0.2) is 4.39 Å². The fourth-order valence-electron chi connectivity index (χ4n) is 2.75. The third kappa shape index (κ3) is 4.46. The molecule has 0 fully saturated rings. The van der Waals surface area contributed by atoms with E-state index in [0.29, 0.717) is 23.7 Å². The smallest absolute Gasteiger partial charge is 0.265 e. The molecule has 1 aliphatic rings. The van der Waals surface area contributed by atoms with Gasteiger partial charge in [-0.3, -0.25) is 19.3 Å². The van der Waals surface area contributed by atoms with Gasteiger partial charge >= 0.3 is 0 Å². The Balaban J connectivity index is 1.80. The molecule has 0 spiro atoms. The Hall–Kier alpha value is -3.42. The molecular formula is C20H20FN3O4. The molecule has 0 saturated carbocycles. The molecule has 8 heteroatoms. The molecule has 2 N–H and O–H groups in total. The van der Waals surface area contributed by atoms with Crippen LogP contribution in [-0.4, -0.2) is 37.4 Å². The summed E-state index contributed by atoms with van der Waals surface area (Å²) in [4.78, 5) is 37.9. The first-order valence-corrected chi connectivity index (χ1v) is 8.88. The minimum atomic E-state index is -0.513. The lowest BCUT2D eigenvalue weighted by atomic mass is 10.1. The molecule has 2 aromatic rings. The van der Waals surface area contributed by atoms with Crippen molar-refractivity contribution in [3.63, 3.8) is 0 Å². The Kier molecular flexibility index (Phi) is 5.88. The van der Waals surface area contributed by atoms with Crippen molar-refractivity contribution in [2.45, 2.75) is 13.3 Å².